The smallest absolute Gasteiger partial charge is 0.124 e. The fourth-order valence-electron chi connectivity index (χ4n) is 1.43. The molecule has 2 aromatic carbocycles. The van der Waals surface area contributed by atoms with Crippen LogP contribution in [0, 0.1) is 5.82 Å². The Morgan fingerprint density at radius 2 is 1.89 bits per heavy atom. The summed E-state index contributed by atoms with van der Waals surface area (Å²) in [6, 6.07) is 10.5. The van der Waals surface area contributed by atoms with E-state index in [9.17, 15) is 4.39 Å². The molecule has 2 N–H and O–H groups in total. The van der Waals surface area contributed by atoms with Crippen molar-refractivity contribution in [2.24, 2.45) is 0 Å². The molecule has 0 atom stereocenters. The molecule has 0 aliphatic carbocycles. The third kappa shape index (κ3) is 3.49. The van der Waals surface area contributed by atoms with Crippen molar-refractivity contribution in [1.82, 2.24) is 0 Å². The molecule has 94 valence electrons. The summed E-state index contributed by atoms with van der Waals surface area (Å²) < 4.78 is 14.7. The van der Waals surface area contributed by atoms with E-state index < -0.39 is 0 Å². The van der Waals surface area contributed by atoms with Crippen molar-refractivity contribution in [3.8, 4) is 0 Å². The maximum absolute atomic E-state index is 13.0. The quantitative estimate of drug-likeness (QED) is 0.573. The second-order valence-corrected chi connectivity index (χ2v) is 6.49. The molecule has 0 unspecified atom stereocenters. The SMILES string of the molecule is Nc1ccc(Br)cc1SCc1ccc(F)cc1Br. The van der Waals surface area contributed by atoms with Crippen molar-refractivity contribution in [2.75, 3.05) is 5.73 Å². The Bertz CT molecular complexity index is 575. The summed E-state index contributed by atoms with van der Waals surface area (Å²) in [6.07, 6.45) is 0. The van der Waals surface area contributed by atoms with Crippen molar-refractivity contribution in [1.29, 1.82) is 0 Å². The average Bonchev–Trinajstić information content (AvgIpc) is 2.32. The van der Waals surface area contributed by atoms with Crippen LogP contribution >= 0.6 is 43.6 Å². The average molecular weight is 391 g/mol. The molecular formula is C13H10Br2FNS. The zero-order valence-electron chi connectivity index (χ0n) is 9.29. The molecule has 0 amide bonds. The lowest BCUT2D eigenvalue weighted by molar-refractivity contribution is 0.626. The highest BCUT2D eigenvalue weighted by molar-refractivity contribution is 9.10. The van der Waals surface area contributed by atoms with Gasteiger partial charge in [-0.3, -0.25) is 0 Å². The number of halogens is 3. The van der Waals surface area contributed by atoms with Crippen molar-refractivity contribution >= 4 is 49.3 Å². The van der Waals surface area contributed by atoms with Gasteiger partial charge < -0.3 is 5.73 Å². The lowest BCUT2D eigenvalue weighted by Crippen LogP contribution is -1.90. The number of nitrogens with two attached hydrogens (primary N) is 1. The maximum atomic E-state index is 13.0. The molecule has 0 saturated heterocycles. The van der Waals surface area contributed by atoms with Gasteiger partial charge in [0.15, 0.2) is 0 Å². The van der Waals surface area contributed by atoms with Crippen LogP contribution in [0.25, 0.3) is 0 Å². The Labute approximate surface area is 126 Å². The maximum Gasteiger partial charge on any atom is 0.124 e. The van der Waals surface area contributed by atoms with E-state index in [-0.39, 0.29) is 5.82 Å². The van der Waals surface area contributed by atoms with Crippen LogP contribution in [0.5, 0.6) is 0 Å². The second-order valence-electron chi connectivity index (χ2n) is 3.71. The third-order valence-electron chi connectivity index (χ3n) is 2.37. The number of hydrogen-bond acceptors (Lipinski definition) is 2. The standard InChI is InChI=1S/C13H10Br2FNS/c14-9-2-4-12(17)13(5-9)18-7-8-1-3-10(16)6-11(8)15/h1-6H,7,17H2. The Morgan fingerprint density at radius 3 is 2.61 bits per heavy atom. The lowest BCUT2D eigenvalue weighted by Gasteiger charge is -2.07. The molecule has 0 aromatic heterocycles. The van der Waals surface area contributed by atoms with Gasteiger partial charge in [-0.15, -0.1) is 11.8 Å². The van der Waals surface area contributed by atoms with E-state index in [0.717, 1.165) is 30.8 Å². The van der Waals surface area contributed by atoms with Crippen LogP contribution in [-0.4, -0.2) is 0 Å². The molecule has 0 aliphatic rings. The van der Waals surface area contributed by atoms with Crippen molar-refractivity contribution in [3.63, 3.8) is 0 Å². The minimum atomic E-state index is -0.238. The molecule has 0 fully saturated rings. The van der Waals surface area contributed by atoms with Crippen molar-refractivity contribution in [3.05, 3.63) is 56.7 Å². The van der Waals surface area contributed by atoms with Crippen LogP contribution in [0.15, 0.2) is 50.2 Å². The Kier molecular flexibility index (Phi) is 4.70. The van der Waals surface area contributed by atoms with Crippen LogP contribution < -0.4 is 5.73 Å². The Balaban J connectivity index is 2.13. The number of hydrogen-bond donors (Lipinski definition) is 1. The zero-order valence-corrected chi connectivity index (χ0v) is 13.3. The van der Waals surface area contributed by atoms with Gasteiger partial charge >= 0.3 is 0 Å². The van der Waals surface area contributed by atoms with Gasteiger partial charge in [0.25, 0.3) is 0 Å². The number of benzene rings is 2. The first-order valence-electron chi connectivity index (χ1n) is 5.18. The lowest BCUT2D eigenvalue weighted by atomic mass is 10.2. The molecule has 1 nitrogen and oxygen atoms in total. The molecular weight excluding hydrogens is 381 g/mol. The van der Waals surface area contributed by atoms with Crippen LogP contribution in [0.3, 0.4) is 0 Å². The molecule has 18 heavy (non-hydrogen) atoms. The predicted octanol–water partition coefficient (Wildman–Crippen LogP) is 5.23. The number of nitrogen functional groups attached to an aromatic ring is 1. The largest absolute Gasteiger partial charge is 0.398 e. The van der Waals surface area contributed by atoms with Gasteiger partial charge in [-0.1, -0.05) is 37.9 Å². The normalized spacial score (nSPS) is 10.6. The molecule has 2 aromatic rings. The predicted molar refractivity (Wildman–Crippen MR) is 82.2 cm³/mol. The van der Waals surface area contributed by atoms with Gasteiger partial charge in [0.05, 0.1) is 0 Å². The van der Waals surface area contributed by atoms with Crippen LogP contribution in [-0.2, 0) is 5.75 Å². The molecule has 0 radical (unpaired) electrons. The first kappa shape index (κ1) is 13.9. The van der Waals surface area contributed by atoms with Crippen LogP contribution in [0.1, 0.15) is 5.56 Å². The first-order chi connectivity index (χ1) is 8.56. The molecule has 0 aliphatic heterocycles. The summed E-state index contributed by atoms with van der Waals surface area (Å²) in [4.78, 5) is 1.01. The van der Waals surface area contributed by atoms with E-state index in [1.54, 1.807) is 17.8 Å². The topological polar surface area (TPSA) is 26.0 Å². The summed E-state index contributed by atoms with van der Waals surface area (Å²) in [5.74, 6) is 0.499. The van der Waals surface area contributed by atoms with Crippen LogP contribution in [0.2, 0.25) is 0 Å². The van der Waals surface area contributed by atoms with Gasteiger partial charge in [0.1, 0.15) is 5.82 Å². The van der Waals surface area contributed by atoms with Crippen LogP contribution in [0.4, 0.5) is 10.1 Å². The number of thioether (sulfide) groups is 1. The second kappa shape index (κ2) is 6.08. The monoisotopic (exact) mass is 389 g/mol. The minimum absolute atomic E-state index is 0.238. The zero-order chi connectivity index (χ0) is 13.1. The molecule has 0 bridgehead atoms. The van der Waals surface area contributed by atoms with Gasteiger partial charge in [-0.05, 0) is 35.9 Å². The Morgan fingerprint density at radius 1 is 1.11 bits per heavy atom. The molecule has 2 rings (SSSR count). The summed E-state index contributed by atoms with van der Waals surface area (Å²) in [5.41, 5.74) is 7.70. The highest BCUT2D eigenvalue weighted by Gasteiger charge is 2.05. The molecule has 5 heteroatoms. The van der Waals surface area contributed by atoms with Gasteiger partial charge in [0.2, 0.25) is 0 Å². The summed E-state index contributed by atoms with van der Waals surface area (Å²) in [6.45, 7) is 0. The van der Waals surface area contributed by atoms with E-state index in [2.05, 4.69) is 31.9 Å². The van der Waals surface area contributed by atoms with Gasteiger partial charge in [-0.25, -0.2) is 4.39 Å². The highest BCUT2D eigenvalue weighted by atomic mass is 79.9. The van der Waals surface area contributed by atoms with Gasteiger partial charge in [0, 0.05) is 25.3 Å². The Hall–Kier alpha value is -0.520. The summed E-state index contributed by atoms with van der Waals surface area (Å²) in [5, 5.41) is 0. The molecule has 0 saturated carbocycles. The van der Waals surface area contributed by atoms with Crippen molar-refractivity contribution in [2.45, 2.75) is 10.6 Å². The van der Waals surface area contributed by atoms with Gasteiger partial charge in [-0.2, -0.15) is 0 Å². The minimum Gasteiger partial charge on any atom is -0.398 e. The summed E-state index contributed by atoms with van der Waals surface area (Å²) >= 11 is 8.41. The van der Waals surface area contributed by atoms with E-state index >= 15 is 0 Å². The summed E-state index contributed by atoms with van der Waals surface area (Å²) in [7, 11) is 0. The fourth-order valence-corrected chi connectivity index (χ4v) is 3.62. The third-order valence-corrected chi connectivity index (χ3v) is 4.73. The van der Waals surface area contributed by atoms with E-state index in [1.165, 1.54) is 12.1 Å². The van der Waals surface area contributed by atoms with Crippen molar-refractivity contribution < 1.29 is 4.39 Å². The highest BCUT2D eigenvalue weighted by Crippen LogP contribution is 2.32. The first-order valence-corrected chi connectivity index (χ1v) is 7.75. The van der Waals surface area contributed by atoms with E-state index in [1.807, 2.05) is 18.2 Å². The number of anilines is 1. The molecule has 0 spiro atoms. The fraction of sp³-hybridized carbons (Fsp3) is 0.0769. The van der Waals surface area contributed by atoms with E-state index in [4.69, 9.17) is 5.73 Å². The number of rotatable bonds is 3. The molecule has 0 heterocycles. The van der Waals surface area contributed by atoms with E-state index in [0.29, 0.717) is 0 Å².